The second kappa shape index (κ2) is 6.24. The third-order valence-corrected chi connectivity index (χ3v) is 2.51. The van der Waals surface area contributed by atoms with Gasteiger partial charge in [-0.25, -0.2) is 0 Å². The quantitative estimate of drug-likeness (QED) is 0.391. The topological polar surface area (TPSA) is 84.6 Å². The summed E-state index contributed by atoms with van der Waals surface area (Å²) in [5.41, 5.74) is 3.74. The molecule has 2 rings (SSSR count). The van der Waals surface area contributed by atoms with E-state index < -0.39 is 4.92 Å². The summed E-state index contributed by atoms with van der Waals surface area (Å²) in [4.78, 5) is 21.7. The molecule has 0 aliphatic carbocycles. The lowest BCUT2D eigenvalue weighted by Gasteiger charge is -1.99. The fraction of sp³-hybridized carbons (Fsp3) is 0. The molecule has 0 spiro atoms. The Balaban J connectivity index is 1.96. The molecule has 0 radical (unpaired) electrons. The molecule has 2 aromatic carbocycles. The summed E-state index contributed by atoms with van der Waals surface area (Å²) in [5, 5.41) is 14.3. The number of carbonyl (C=O) groups excluding carboxylic acids is 1. The van der Waals surface area contributed by atoms with Gasteiger partial charge in [0, 0.05) is 17.7 Å². The summed E-state index contributed by atoms with van der Waals surface area (Å²) in [5.74, 6) is -0.222. The molecule has 0 unspecified atom stereocenters. The highest BCUT2D eigenvalue weighted by atomic mass is 16.6. The minimum Gasteiger partial charge on any atom is -0.287 e. The van der Waals surface area contributed by atoms with Crippen LogP contribution in [-0.2, 0) is 0 Å². The van der Waals surface area contributed by atoms with Crippen molar-refractivity contribution in [2.24, 2.45) is 5.10 Å². The molecule has 0 saturated heterocycles. The maximum Gasteiger partial charge on any atom is 0.269 e. The number of hydrazone groups is 1. The number of anilines is 1. The van der Waals surface area contributed by atoms with Gasteiger partial charge in [-0.3, -0.25) is 20.3 Å². The van der Waals surface area contributed by atoms with Gasteiger partial charge in [0.25, 0.3) is 5.69 Å². The predicted molar refractivity (Wildman–Crippen MR) is 76.0 cm³/mol. The van der Waals surface area contributed by atoms with Gasteiger partial charge >= 0.3 is 0 Å². The van der Waals surface area contributed by atoms with Gasteiger partial charge in [0.15, 0.2) is 0 Å². The monoisotopic (exact) mass is 269 g/mol. The zero-order valence-electron chi connectivity index (χ0n) is 10.4. The Kier molecular flexibility index (Phi) is 4.18. The molecular formula is C14H11N3O3. The second-order valence-corrected chi connectivity index (χ2v) is 3.90. The van der Waals surface area contributed by atoms with Crippen molar-refractivity contribution in [3.63, 3.8) is 0 Å². The van der Waals surface area contributed by atoms with Crippen LogP contribution in [0.2, 0.25) is 0 Å². The number of nitro groups is 1. The molecule has 1 N–H and O–H groups in total. The number of nitrogens with zero attached hydrogens (tertiary/aromatic N) is 2. The first kappa shape index (κ1) is 13.4. The van der Waals surface area contributed by atoms with E-state index in [0.29, 0.717) is 11.3 Å². The number of nitro benzene ring substituents is 1. The molecule has 0 aromatic heterocycles. The number of benzene rings is 2. The maximum atomic E-state index is 11.7. The van der Waals surface area contributed by atoms with E-state index >= 15 is 0 Å². The van der Waals surface area contributed by atoms with Crippen LogP contribution < -0.4 is 5.43 Å². The van der Waals surface area contributed by atoms with Gasteiger partial charge in [-0.05, 0) is 12.1 Å². The maximum absolute atomic E-state index is 11.7. The lowest BCUT2D eigenvalue weighted by molar-refractivity contribution is -0.384. The zero-order chi connectivity index (χ0) is 14.4. The van der Waals surface area contributed by atoms with Crippen molar-refractivity contribution in [1.82, 2.24) is 0 Å². The molecule has 0 bridgehead atoms. The van der Waals surface area contributed by atoms with Crippen LogP contribution in [0.25, 0.3) is 0 Å². The van der Waals surface area contributed by atoms with Crippen LogP contribution >= 0.6 is 0 Å². The van der Waals surface area contributed by atoms with Gasteiger partial charge in [0.2, 0.25) is 5.78 Å². The first-order valence-electron chi connectivity index (χ1n) is 5.80. The number of carbonyl (C=O) groups is 1. The van der Waals surface area contributed by atoms with E-state index in [1.165, 1.54) is 24.3 Å². The molecule has 6 nitrogen and oxygen atoms in total. The molecule has 0 heterocycles. The average molecular weight is 269 g/mol. The van der Waals surface area contributed by atoms with Gasteiger partial charge in [0.05, 0.1) is 16.8 Å². The van der Waals surface area contributed by atoms with E-state index in [9.17, 15) is 14.9 Å². The molecule has 0 fully saturated rings. The van der Waals surface area contributed by atoms with E-state index in [-0.39, 0.29) is 11.5 Å². The predicted octanol–water partition coefficient (Wildman–Crippen LogP) is 2.88. The Morgan fingerprint density at radius 1 is 1.10 bits per heavy atom. The molecule has 0 aliphatic rings. The molecule has 0 atom stereocenters. The number of nitrogens with one attached hydrogen (secondary N) is 1. The summed E-state index contributed by atoms with van der Waals surface area (Å²) in [6, 6.07) is 14.5. The van der Waals surface area contributed by atoms with Gasteiger partial charge < -0.3 is 0 Å². The first-order valence-corrected chi connectivity index (χ1v) is 5.80. The number of hydrogen-bond acceptors (Lipinski definition) is 5. The van der Waals surface area contributed by atoms with Crippen molar-refractivity contribution in [2.45, 2.75) is 0 Å². The largest absolute Gasteiger partial charge is 0.287 e. The molecule has 100 valence electrons. The Morgan fingerprint density at radius 3 is 2.35 bits per heavy atom. The van der Waals surface area contributed by atoms with Crippen molar-refractivity contribution in [1.29, 1.82) is 0 Å². The SMILES string of the molecule is O=C(/C=N/Nc1ccc([N+](=O)[O-])cc1)c1ccccc1. The van der Waals surface area contributed by atoms with Gasteiger partial charge in [-0.1, -0.05) is 30.3 Å². The molecule has 0 amide bonds. The van der Waals surface area contributed by atoms with Crippen molar-refractivity contribution >= 4 is 23.4 Å². The third-order valence-electron chi connectivity index (χ3n) is 2.51. The zero-order valence-corrected chi connectivity index (χ0v) is 10.4. The standard InChI is InChI=1S/C14H11N3O3/c18-14(11-4-2-1-3-5-11)10-15-16-12-6-8-13(9-7-12)17(19)20/h1-10,16H/b15-10+. The number of hydrogen-bond donors (Lipinski definition) is 1. The first-order chi connectivity index (χ1) is 9.66. The summed E-state index contributed by atoms with van der Waals surface area (Å²) >= 11 is 0. The molecular weight excluding hydrogens is 258 g/mol. The van der Waals surface area contributed by atoms with E-state index in [1.54, 1.807) is 24.3 Å². The highest BCUT2D eigenvalue weighted by molar-refractivity contribution is 6.35. The lowest BCUT2D eigenvalue weighted by atomic mass is 10.1. The van der Waals surface area contributed by atoms with Crippen LogP contribution in [0.5, 0.6) is 0 Å². The van der Waals surface area contributed by atoms with E-state index in [4.69, 9.17) is 0 Å². The van der Waals surface area contributed by atoms with Crippen molar-refractivity contribution < 1.29 is 9.72 Å². The minimum absolute atomic E-state index is 0.000100. The summed E-state index contributed by atoms with van der Waals surface area (Å²) in [7, 11) is 0. The van der Waals surface area contributed by atoms with Crippen LogP contribution in [0.1, 0.15) is 10.4 Å². The Morgan fingerprint density at radius 2 is 1.75 bits per heavy atom. The number of rotatable bonds is 5. The number of Topliss-reactive ketones (excluding diaryl/α,β-unsaturated/α-hetero) is 1. The summed E-state index contributed by atoms with van der Waals surface area (Å²) in [6.45, 7) is 0. The Bertz CT molecular complexity index is 636. The normalized spacial score (nSPS) is 10.4. The van der Waals surface area contributed by atoms with E-state index in [0.717, 1.165) is 6.21 Å². The van der Waals surface area contributed by atoms with Crippen molar-refractivity contribution in [2.75, 3.05) is 5.43 Å². The molecule has 0 saturated carbocycles. The van der Waals surface area contributed by atoms with Gasteiger partial charge in [0.1, 0.15) is 0 Å². The average Bonchev–Trinajstić information content (AvgIpc) is 2.48. The highest BCUT2D eigenvalue weighted by Crippen LogP contribution is 2.15. The van der Waals surface area contributed by atoms with Crippen LogP contribution in [-0.4, -0.2) is 16.9 Å². The molecule has 6 heteroatoms. The van der Waals surface area contributed by atoms with Crippen LogP contribution in [0.15, 0.2) is 59.7 Å². The van der Waals surface area contributed by atoms with Crippen molar-refractivity contribution in [3.05, 3.63) is 70.3 Å². The third kappa shape index (κ3) is 3.49. The van der Waals surface area contributed by atoms with E-state index in [1.807, 2.05) is 6.07 Å². The van der Waals surface area contributed by atoms with Crippen LogP contribution in [0, 0.1) is 10.1 Å². The molecule has 2 aromatic rings. The van der Waals surface area contributed by atoms with Gasteiger partial charge in [-0.15, -0.1) is 0 Å². The molecule has 0 aliphatic heterocycles. The number of ketones is 1. The number of non-ortho nitro benzene ring substituents is 1. The Labute approximate surface area is 114 Å². The van der Waals surface area contributed by atoms with Crippen molar-refractivity contribution in [3.8, 4) is 0 Å². The fourth-order valence-electron chi connectivity index (χ4n) is 1.50. The summed E-state index contributed by atoms with van der Waals surface area (Å²) in [6.07, 6.45) is 1.16. The molecule has 20 heavy (non-hydrogen) atoms. The van der Waals surface area contributed by atoms with Crippen LogP contribution in [0.4, 0.5) is 11.4 Å². The van der Waals surface area contributed by atoms with Crippen LogP contribution in [0.3, 0.4) is 0 Å². The van der Waals surface area contributed by atoms with E-state index in [2.05, 4.69) is 10.5 Å². The minimum atomic E-state index is -0.480. The fourth-order valence-corrected chi connectivity index (χ4v) is 1.50. The Hall–Kier alpha value is -3.02. The summed E-state index contributed by atoms with van der Waals surface area (Å²) < 4.78 is 0. The smallest absolute Gasteiger partial charge is 0.269 e. The lowest BCUT2D eigenvalue weighted by Crippen LogP contribution is -2.02. The second-order valence-electron chi connectivity index (χ2n) is 3.90. The van der Waals surface area contributed by atoms with Gasteiger partial charge in [-0.2, -0.15) is 5.10 Å². The highest BCUT2D eigenvalue weighted by Gasteiger charge is 2.03.